The maximum Gasteiger partial charge on any atom is 0.251 e. The zero-order valence-electron chi connectivity index (χ0n) is 22.5. The zero-order chi connectivity index (χ0) is 25.1. The van der Waals surface area contributed by atoms with E-state index in [1.807, 2.05) is 50.6 Å². The van der Waals surface area contributed by atoms with Gasteiger partial charge in [0.05, 0.1) is 18.2 Å². The van der Waals surface area contributed by atoms with E-state index in [2.05, 4.69) is 32.4 Å². The molecular formula is C27H48N2O3. The van der Waals surface area contributed by atoms with Crippen LogP contribution < -0.4 is 10.5 Å². The predicted molar refractivity (Wildman–Crippen MR) is 138 cm³/mol. The third kappa shape index (κ3) is 7.84. The Bertz CT molecular complexity index is 839. The van der Waals surface area contributed by atoms with E-state index in [9.17, 15) is 4.79 Å². The molecule has 1 fully saturated rings. The van der Waals surface area contributed by atoms with Crippen LogP contribution in [-0.2, 0) is 11.8 Å². The number of amides is 1. The summed E-state index contributed by atoms with van der Waals surface area (Å²) in [4.78, 5) is 11.4. The van der Waals surface area contributed by atoms with Gasteiger partial charge < -0.3 is 19.8 Å². The molecule has 0 spiro atoms. The Hall–Kier alpha value is -2.01. The third-order valence-corrected chi connectivity index (χ3v) is 6.10. The van der Waals surface area contributed by atoms with Crippen LogP contribution in [0.25, 0.3) is 10.9 Å². The average molecular weight is 449 g/mol. The molecule has 1 unspecified atom stereocenters. The van der Waals surface area contributed by atoms with Crippen molar-refractivity contribution in [3.05, 3.63) is 29.5 Å². The molecule has 1 saturated carbocycles. The van der Waals surface area contributed by atoms with Crippen molar-refractivity contribution in [1.29, 1.82) is 0 Å². The van der Waals surface area contributed by atoms with E-state index in [1.54, 1.807) is 21.3 Å². The fourth-order valence-electron chi connectivity index (χ4n) is 4.87. The van der Waals surface area contributed by atoms with Crippen molar-refractivity contribution in [1.82, 2.24) is 4.57 Å². The molecule has 3 rings (SSSR count). The van der Waals surface area contributed by atoms with E-state index in [0.29, 0.717) is 16.4 Å². The van der Waals surface area contributed by atoms with Gasteiger partial charge in [-0.2, -0.15) is 0 Å². The smallest absolute Gasteiger partial charge is 0.251 e. The van der Waals surface area contributed by atoms with Gasteiger partial charge in [-0.05, 0) is 49.5 Å². The lowest BCUT2D eigenvalue weighted by molar-refractivity contribution is 0.100. The summed E-state index contributed by atoms with van der Waals surface area (Å²) in [5.74, 6) is 0.340. The Balaban J connectivity index is 0.000000523. The topological polar surface area (TPSA) is 66.5 Å². The van der Waals surface area contributed by atoms with Gasteiger partial charge in [0.15, 0.2) is 0 Å². The highest BCUT2D eigenvalue weighted by Gasteiger charge is 2.38. The van der Waals surface area contributed by atoms with Gasteiger partial charge in [0.25, 0.3) is 5.91 Å². The van der Waals surface area contributed by atoms with E-state index >= 15 is 0 Å². The number of primary amides is 1. The lowest BCUT2D eigenvalue weighted by atomic mass is 9.80. The van der Waals surface area contributed by atoms with Crippen molar-refractivity contribution in [2.75, 3.05) is 21.3 Å². The predicted octanol–water partition coefficient (Wildman–Crippen LogP) is 6.89. The van der Waals surface area contributed by atoms with Crippen LogP contribution in [0, 0.1) is 17.8 Å². The number of carbonyl (C=O) groups excluding carboxylic acids is 1. The summed E-state index contributed by atoms with van der Waals surface area (Å²) in [5, 5.41) is 0.840. The van der Waals surface area contributed by atoms with Crippen LogP contribution in [-0.4, -0.2) is 31.8 Å². The molecule has 1 aliphatic carbocycles. The molecule has 1 atom stereocenters. The molecule has 1 aromatic carbocycles. The van der Waals surface area contributed by atoms with Crippen LogP contribution in [0.15, 0.2) is 18.2 Å². The van der Waals surface area contributed by atoms with Crippen LogP contribution in [0.5, 0.6) is 5.75 Å². The van der Waals surface area contributed by atoms with Crippen molar-refractivity contribution in [2.45, 2.75) is 80.6 Å². The second-order valence-electron chi connectivity index (χ2n) is 9.55. The van der Waals surface area contributed by atoms with Gasteiger partial charge >= 0.3 is 0 Å². The number of rotatable bonds is 4. The van der Waals surface area contributed by atoms with Crippen LogP contribution in [0.2, 0.25) is 0 Å². The second-order valence-corrected chi connectivity index (χ2v) is 9.55. The van der Waals surface area contributed by atoms with Gasteiger partial charge in [-0.15, -0.1) is 0 Å². The summed E-state index contributed by atoms with van der Waals surface area (Å²) in [6.45, 7) is 15.5. The number of hydrogen-bond donors (Lipinski definition) is 1. The van der Waals surface area contributed by atoms with Crippen molar-refractivity contribution < 1.29 is 14.3 Å². The Morgan fingerprint density at radius 2 is 1.69 bits per heavy atom. The van der Waals surface area contributed by atoms with Gasteiger partial charge in [-0.1, -0.05) is 60.1 Å². The molecule has 32 heavy (non-hydrogen) atoms. The number of aromatic nitrogens is 1. The molecular weight excluding hydrogens is 400 g/mol. The highest BCUT2D eigenvalue weighted by Crippen LogP contribution is 2.51. The first-order valence-electron chi connectivity index (χ1n) is 11.8. The first kappa shape index (κ1) is 30.0. The summed E-state index contributed by atoms with van der Waals surface area (Å²) in [7, 11) is 6.76. The summed E-state index contributed by atoms with van der Waals surface area (Å²) in [6.07, 6.45) is 7.11. The molecule has 184 valence electrons. The molecule has 1 heterocycles. The number of fused-ring (bicyclic) bond motifs is 1. The summed E-state index contributed by atoms with van der Waals surface area (Å²) < 4.78 is 11.5. The van der Waals surface area contributed by atoms with Gasteiger partial charge in [-0.3, -0.25) is 4.79 Å². The molecule has 0 bridgehead atoms. The average Bonchev–Trinajstić information content (AvgIpc) is 3.16. The largest absolute Gasteiger partial charge is 0.495 e. The van der Waals surface area contributed by atoms with Crippen molar-refractivity contribution >= 4 is 16.8 Å². The number of methoxy groups -OCH3 is 2. The molecule has 5 heteroatoms. The zero-order valence-corrected chi connectivity index (χ0v) is 22.5. The van der Waals surface area contributed by atoms with E-state index < -0.39 is 5.91 Å². The number of aryl methyl sites for hydroxylation is 1. The third-order valence-electron chi connectivity index (χ3n) is 6.10. The first-order valence-corrected chi connectivity index (χ1v) is 11.8. The Morgan fingerprint density at radius 1 is 1.12 bits per heavy atom. The van der Waals surface area contributed by atoms with Crippen molar-refractivity contribution in [2.24, 2.45) is 23.6 Å². The monoisotopic (exact) mass is 448 g/mol. The fraction of sp³-hybridized carbons (Fsp3) is 0.667. The number of benzene rings is 1. The Kier molecular flexibility index (Phi) is 12.7. The molecule has 1 amide bonds. The highest BCUT2D eigenvalue weighted by atomic mass is 16.5. The number of hydrogen-bond acceptors (Lipinski definition) is 3. The minimum absolute atomic E-state index is 0.406. The number of para-hydroxylation sites is 1. The highest BCUT2D eigenvalue weighted by molar-refractivity contribution is 6.09. The van der Waals surface area contributed by atoms with Crippen LogP contribution in [0.4, 0.5) is 0 Å². The van der Waals surface area contributed by atoms with E-state index in [4.69, 9.17) is 10.5 Å². The second kappa shape index (κ2) is 13.5. The first-order chi connectivity index (χ1) is 15.0. The SMILES string of the molecule is CC.CCCC1(C)CCC(C)(C)C1.COC.COc1cccc2c(C(N)=O)c(C)n(C)c12. The standard InChI is InChI=1S/C12H14N2O2.C11H22.C2H6O.C2H6/c1-7-10(12(13)15)8-5-4-6-9(16-3)11(8)14(7)2;1-5-6-11(4)8-7-10(2,3)9-11;1-3-2;1-2/h4-6H,1-3H3,(H2,13,15);5-9H2,1-4H3;1-2H3;1-2H3. The van der Waals surface area contributed by atoms with Crippen molar-refractivity contribution in [3.8, 4) is 5.75 Å². The minimum Gasteiger partial charge on any atom is -0.495 e. The Labute approximate surface area is 196 Å². The van der Waals surface area contributed by atoms with Crippen LogP contribution in [0.3, 0.4) is 0 Å². The molecule has 2 N–H and O–H groups in total. The summed E-state index contributed by atoms with van der Waals surface area (Å²) in [5.41, 5.74) is 9.02. The van der Waals surface area contributed by atoms with E-state index in [1.165, 1.54) is 32.1 Å². The van der Waals surface area contributed by atoms with Gasteiger partial charge in [-0.25, -0.2) is 0 Å². The van der Waals surface area contributed by atoms with Crippen molar-refractivity contribution in [3.63, 3.8) is 0 Å². The molecule has 5 nitrogen and oxygen atoms in total. The minimum atomic E-state index is -0.406. The van der Waals surface area contributed by atoms with Crippen LogP contribution in [0.1, 0.15) is 89.7 Å². The number of ether oxygens (including phenoxy) is 2. The molecule has 0 aliphatic heterocycles. The number of nitrogens with two attached hydrogens (primary N) is 1. The molecule has 2 aromatic rings. The molecule has 0 saturated heterocycles. The summed E-state index contributed by atoms with van der Waals surface area (Å²) in [6, 6.07) is 5.60. The molecule has 1 aliphatic rings. The molecule has 0 radical (unpaired) electrons. The van der Waals surface area contributed by atoms with Crippen LogP contribution >= 0.6 is 0 Å². The fourth-order valence-corrected chi connectivity index (χ4v) is 4.87. The summed E-state index contributed by atoms with van der Waals surface area (Å²) >= 11 is 0. The maximum atomic E-state index is 11.4. The normalized spacial score (nSPS) is 18.5. The lowest BCUT2D eigenvalue weighted by Gasteiger charge is -2.25. The Morgan fingerprint density at radius 3 is 2.09 bits per heavy atom. The number of carbonyl (C=O) groups is 1. The maximum absolute atomic E-state index is 11.4. The van der Waals surface area contributed by atoms with Gasteiger partial charge in [0, 0.05) is 32.3 Å². The van der Waals surface area contributed by atoms with E-state index in [0.717, 1.165) is 22.3 Å². The lowest BCUT2D eigenvalue weighted by Crippen LogP contribution is -2.14. The number of nitrogens with zero attached hydrogens (tertiary/aromatic N) is 1. The van der Waals surface area contributed by atoms with E-state index in [-0.39, 0.29) is 0 Å². The molecule has 1 aromatic heterocycles. The van der Waals surface area contributed by atoms with Gasteiger partial charge in [0.1, 0.15) is 5.75 Å². The van der Waals surface area contributed by atoms with Gasteiger partial charge in [0.2, 0.25) is 0 Å². The quantitative estimate of drug-likeness (QED) is 0.554.